The first-order valence-corrected chi connectivity index (χ1v) is 14.8. The lowest BCUT2D eigenvalue weighted by Gasteiger charge is -2.41. The molecule has 3 fully saturated rings. The third kappa shape index (κ3) is 5.17. The maximum atomic E-state index is 13.9. The van der Waals surface area contributed by atoms with Crippen LogP contribution in [0.1, 0.15) is 56.1 Å². The van der Waals surface area contributed by atoms with E-state index in [0.717, 1.165) is 37.9 Å². The third-order valence-electron chi connectivity index (χ3n) is 9.66. The summed E-state index contributed by atoms with van der Waals surface area (Å²) in [5.41, 5.74) is 3.69. The second-order valence-electron chi connectivity index (χ2n) is 11.9. The molecule has 0 bridgehead atoms. The van der Waals surface area contributed by atoms with Crippen LogP contribution in [0.2, 0.25) is 5.02 Å². The van der Waals surface area contributed by atoms with E-state index in [2.05, 4.69) is 40.2 Å². The number of carbonyl (C=O) groups is 2. The Bertz CT molecular complexity index is 1160. The van der Waals surface area contributed by atoms with Crippen LogP contribution >= 0.6 is 11.6 Å². The lowest BCUT2D eigenvalue weighted by molar-refractivity contribution is -0.138. The first-order chi connectivity index (χ1) is 18.5. The van der Waals surface area contributed by atoms with Crippen molar-refractivity contribution < 1.29 is 9.59 Å². The molecule has 0 aromatic heterocycles. The number of nitrogens with one attached hydrogen (secondary N) is 3. The van der Waals surface area contributed by atoms with Gasteiger partial charge in [-0.25, -0.2) is 0 Å². The predicted molar refractivity (Wildman–Crippen MR) is 151 cm³/mol. The van der Waals surface area contributed by atoms with Gasteiger partial charge < -0.3 is 20.9 Å². The number of piperidine rings is 2. The van der Waals surface area contributed by atoms with Crippen molar-refractivity contribution in [3.63, 3.8) is 0 Å². The Balaban J connectivity index is 1.14. The third-order valence-corrected chi connectivity index (χ3v) is 9.92. The van der Waals surface area contributed by atoms with E-state index in [0.29, 0.717) is 36.4 Å². The van der Waals surface area contributed by atoms with Gasteiger partial charge in [-0.15, -0.1) is 0 Å². The van der Waals surface area contributed by atoms with Gasteiger partial charge in [-0.2, -0.15) is 0 Å². The SMILES string of the molecule is O=C(NC(Cc1ccc(Cl)cc1)C(=O)N1CCC2(CC1)CNc1ccccc12)C1C[C@H]2CCCCC2CN1. The fraction of sp³-hybridized carbons (Fsp3) is 0.548. The Kier molecular flexibility index (Phi) is 7.37. The largest absolute Gasteiger partial charge is 0.384 e. The number of likely N-dealkylation sites (tertiary alicyclic amines) is 1. The first-order valence-electron chi connectivity index (χ1n) is 14.4. The van der Waals surface area contributed by atoms with Crippen LogP contribution in [0.15, 0.2) is 48.5 Å². The topological polar surface area (TPSA) is 73.5 Å². The molecule has 1 spiro atoms. The van der Waals surface area contributed by atoms with Gasteiger partial charge in [0.25, 0.3) is 0 Å². The second kappa shape index (κ2) is 10.9. The maximum Gasteiger partial charge on any atom is 0.245 e. The summed E-state index contributed by atoms with van der Waals surface area (Å²) in [5.74, 6) is 1.29. The molecule has 1 aliphatic carbocycles. The molecular weight excluding hydrogens is 496 g/mol. The molecule has 38 heavy (non-hydrogen) atoms. The Morgan fingerprint density at radius 3 is 2.55 bits per heavy atom. The molecule has 2 aromatic rings. The Morgan fingerprint density at radius 2 is 1.76 bits per heavy atom. The van der Waals surface area contributed by atoms with E-state index in [1.807, 2.05) is 29.2 Å². The average molecular weight is 535 g/mol. The van der Waals surface area contributed by atoms with Crippen LogP contribution in [0.3, 0.4) is 0 Å². The number of benzene rings is 2. The first kappa shape index (κ1) is 25.7. The van der Waals surface area contributed by atoms with Gasteiger partial charge >= 0.3 is 0 Å². The summed E-state index contributed by atoms with van der Waals surface area (Å²) in [5, 5.41) is 10.9. The van der Waals surface area contributed by atoms with Crippen molar-refractivity contribution in [2.75, 3.05) is 31.5 Å². The Morgan fingerprint density at radius 1 is 1.03 bits per heavy atom. The fourth-order valence-electron chi connectivity index (χ4n) is 7.35. The molecule has 202 valence electrons. The standard InChI is InChI=1S/C31H39ClN4O2/c32-24-11-9-21(10-12-24)17-28(35-29(37)27-18-22-5-1-2-6-23(22)19-33-27)30(38)36-15-13-31(14-16-36)20-34-26-8-4-3-7-25(26)31/h3-4,7-12,22-23,27-28,33-34H,1-2,5-6,13-20H2,(H,35,37)/t22-,23?,27?,28?/m1/s1. The highest BCUT2D eigenvalue weighted by Crippen LogP contribution is 2.44. The van der Waals surface area contributed by atoms with Gasteiger partial charge in [0.1, 0.15) is 6.04 Å². The number of fused-ring (bicyclic) bond motifs is 3. The molecule has 2 saturated heterocycles. The van der Waals surface area contributed by atoms with Crippen LogP contribution in [-0.2, 0) is 21.4 Å². The zero-order chi connectivity index (χ0) is 26.1. The van der Waals surface area contributed by atoms with E-state index in [9.17, 15) is 9.59 Å². The molecule has 3 aliphatic heterocycles. The van der Waals surface area contributed by atoms with Gasteiger partial charge in [0.05, 0.1) is 6.04 Å². The van der Waals surface area contributed by atoms with Crippen molar-refractivity contribution in [1.29, 1.82) is 0 Å². The summed E-state index contributed by atoms with van der Waals surface area (Å²) in [4.78, 5) is 29.4. The van der Waals surface area contributed by atoms with E-state index in [1.54, 1.807) is 0 Å². The molecular formula is C31H39ClN4O2. The molecule has 3 heterocycles. The number of hydrogen-bond acceptors (Lipinski definition) is 4. The summed E-state index contributed by atoms with van der Waals surface area (Å²) in [6.45, 7) is 3.23. The zero-order valence-electron chi connectivity index (χ0n) is 22.1. The minimum absolute atomic E-state index is 0.0220. The van der Waals surface area contributed by atoms with E-state index in [4.69, 9.17) is 11.6 Å². The van der Waals surface area contributed by atoms with Crippen molar-refractivity contribution >= 4 is 29.1 Å². The van der Waals surface area contributed by atoms with Crippen molar-refractivity contribution in [3.05, 3.63) is 64.7 Å². The summed E-state index contributed by atoms with van der Waals surface area (Å²) in [7, 11) is 0. The molecule has 0 radical (unpaired) electrons. The van der Waals surface area contributed by atoms with E-state index < -0.39 is 6.04 Å². The molecule has 2 amide bonds. The highest BCUT2D eigenvalue weighted by Gasteiger charge is 2.43. The van der Waals surface area contributed by atoms with Crippen molar-refractivity contribution in [2.24, 2.45) is 11.8 Å². The summed E-state index contributed by atoms with van der Waals surface area (Å²) in [6, 6.07) is 15.3. The minimum atomic E-state index is -0.586. The monoisotopic (exact) mass is 534 g/mol. The lowest BCUT2D eigenvalue weighted by Crippen LogP contribution is -2.58. The number of anilines is 1. The number of rotatable bonds is 5. The number of halogens is 1. The average Bonchev–Trinajstić information content (AvgIpc) is 3.31. The molecule has 2 aromatic carbocycles. The molecule has 6 rings (SSSR count). The van der Waals surface area contributed by atoms with Crippen LogP contribution in [0.5, 0.6) is 0 Å². The smallest absolute Gasteiger partial charge is 0.245 e. The van der Waals surface area contributed by atoms with Crippen molar-refractivity contribution in [2.45, 2.75) is 68.9 Å². The van der Waals surface area contributed by atoms with Crippen LogP contribution in [0.4, 0.5) is 5.69 Å². The van der Waals surface area contributed by atoms with Crippen LogP contribution in [0, 0.1) is 11.8 Å². The number of hydrogen-bond donors (Lipinski definition) is 3. The second-order valence-corrected chi connectivity index (χ2v) is 12.3. The normalized spacial score (nSPS) is 26.7. The summed E-state index contributed by atoms with van der Waals surface area (Å²) < 4.78 is 0. The van der Waals surface area contributed by atoms with Gasteiger partial charge in [0.2, 0.25) is 11.8 Å². The molecule has 4 aliphatic rings. The molecule has 3 unspecified atom stereocenters. The Labute approximate surface area is 230 Å². The number of para-hydroxylation sites is 1. The van der Waals surface area contributed by atoms with Gasteiger partial charge in [0, 0.05) is 42.2 Å². The van der Waals surface area contributed by atoms with Gasteiger partial charge in [-0.1, -0.05) is 61.2 Å². The quantitative estimate of drug-likeness (QED) is 0.527. The molecule has 6 nitrogen and oxygen atoms in total. The number of carbonyl (C=O) groups excluding carboxylic acids is 2. The lowest BCUT2D eigenvalue weighted by atomic mass is 9.73. The predicted octanol–water partition coefficient (Wildman–Crippen LogP) is 4.52. The van der Waals surface area contributed by atoms with Crippen molar-refractivity contribution in [3.8, 4) is 0 Å². The zero-order valence-corrected chi connectivity index (χ0v) is 22.8. The molecule has 3 N–H and O–H groups in total. The molecule has 1 saturated carbocycles. The number of amides is 2. The van der Waals surface area contributed by atoms with Crippen LogP contribution < -0.4 is 16.0 Å². The Hall–Kier alpha value is -2.57. The van der Waals surface area contributed by atoms with E-state index in [1.165, 1.54) is 36.9 Å². The van der Waals surface area contributed by atoms with Crippen molar-refractivity contribution in [1.82, 2.24) is 15.5 Å². The van der Waals surface area contributed by atoms with E-state index in [-0.39, 0.29) is 23.3 Å². The van der Waals surface area contributed by atoms with E-state index >= 15 is 0 Å². The maximum absolute atomic E-state index is 13.9. The van der Waals surface area contributed by atoms with Crippen LogP contribution in [-0.4, -0.2) is 55.0 Å². The molecule has 4 atom stereocenters. The van der Waals surface area contributed by atoms with Gasteiger partial charge in [-0.05, 0) is 73.4 Å². The summed E-state index contributed by atoms with van der Waals surface area (Å²) >= 11 is 6.11. The highest BCUT2D eigenvalue weighted by molar-refractivity contribution is 6.30. The van der Waals surface area contributed by atoms with Gasteiger partial charge in [0.15, 0.2) is 0 Å². The summed E-state index contributed by atoms with van der Waals surface area (Å²) in [6.07, 6.45) is 8.25. The number of nitrogens with zero attached hydrogens (tertiary/aromatic N) is 1. The highest BCUT2D eigenvalue weighted by atomic mass is 35.5. The fourth-order valence-corrected chi connectivity index (χ4v) is 7.48. The van der Waals surface area contributed by atoms with Crippen LogP contribution in [0.25, 0.3) is 0 Å². The van der Waals surface area contributed by atoms with Gasteiger partial charge in [-0.3, -0.25) is 9.59 Å². The minimum Gasteiger partial charge on any atom is -0.384 e. The molecule has 7 heteroatoms.